The van der Waals surface area contributed by atoms with E-state index in [1.54, 1.807) is 45.1 Å². The summed E-state index contributed by atoms with van der Waals surface area (Å²) in [6.45, 7) is 5.13. The van der Waals surface area contributed by atoms with Crippen LogP contribution in [0.25, 0.3) is 0 Å². The SMILES string of the molecule is CC(C)(C)OC(=O)NC1CCCOCC=CC2CC2(C(=O)NS(=O)(=O)C2CC2)NC(=O)C2CC(OC(=O)Nc3ccccc3C=O)CN2C1=O. The average Bonchev–Trinajstić information content (AvgIpc) is 3.96. The highest BCUT2D eigenvalue weighted by Gasteiger charge is 2.62. The first kappa shape index (κ1) is 36.8. The van der Waals surface area contributed by atoms with Gasteiger partial charge in [0.15, 0.2) is 6.29 Å². The van der Waals surface area contributed by atoms with Crippen LogP contribution in [-0.2, 0) is 38.6 Å². The molecule has 0 radical (unpaired) electrons. The van der Waals surface area contributed by atoms with E-state index in [-0.39, 0.29) is 50.3 Å². The van der Waals surface area contributed by atoms with Gasteiger partial charge in [0.1, 0.15) is 29.3 Å². The number of para-hydroxylation sites is 1. The third-order valence-corrected chi connectivity index (χ3v) is 10.6. The van der Waals surface area contributed by atoms with Crippen molar-refractivity contribution >= 4 is 51.9 Å². The Kier molecular flexibility index (Phi) is 10.9. The first-order chi connectivity index (χ1) is 23.6. The Balaban J connectivity index is 1.41. The molecule has 4 aliphatic rings. The maximum absolute atomic E-state index is 14.2. The first-order valence-electron chi connectivity index (χ1n) is 16.6. The molecule has 0 spiro atoms. The standard InChI is InChI=1S/C33H43N5O11S/c1-32(2,3)49-31(44)35-25-11-7-15-47-14-6-9-21-17-33(21,29(42)37-50(45,46)23-12-13-23)36-27(40)26-16-22(18-38(26)28(25)41)48-30(43)34-24-10-5-4-8-20(24)19-39/h4-6,8-10,19,21-23,25-26H,7,11-18H2,1-3H3,(H,34,43)(H,35,44)(H,36,40)(H,37,42). The Morgan fingerprint density at radius 1 is 1.10 bits per heavy atom. The molecule has 0 aromatic heterocycles. The summed E-state index contributed by atoms with van der Waals surface area (Å²) in [7, 11) is -3.94. The van der Waals surface area contributed by atoms with E-state index in [1.807, 2.05) is 0 Å². The number of anilines is 1. The lowest BCUT2D eigenvalue weighted by molar-refractivity contribution is -0.141. The van der Waals surface area contributed by atoms with Gasteiger partial charge in [-0.25, -0.2) is 18.0 Å². The molecule has 50 heavy (non-hydrogen) atoms. The van der Waals surface area contributed by atoms with E-state index in [4.69, 9.17) is 14.2 Å². The lowest BCUT2D eigenvalue weighted by Crippen LogP contribution is -2.58. The Labute approximate surface area is 290 Å². The van der Waals surface area contributed by atoms with Gasteiger partial charge >= 0.3 is 12.2 Å². The van der Waals surface area contributed by atoms with Crippen LogP contribution in [0.5, 0.6) is 0 Å². The summed E-state index contributed by atoms with van der Waals surface area (Å²) in [6.07, 6.45) is 2.36. The predicted octanol–water partition coefficient (Wildman–Crippen LogP) is 1.76. The lowest BCUT2D eigenvalue weighted by Gasteiger charge is -2.30. The fourth-order valence-corrected chi connectivity index (χ4v) is 7.38. The number of nitrogens with zero attached hydrogens (tertiary/aromatic N) is 1. The predicted molar refractivity (Wildman–Crippen MR) is 177 cm³/mol. The van der Waals surface area contributed by atoms with Gasteiger partial charge in [0.25, 0.3) is 5.91 Å². The molecule has 17 heteroatoms. The smallest absolute Gasteiger partial charge is 0.411 e. The summed E-state index contributed by atoms with van der Waals surface area (Å²) in [5.74, 6) is -2.88. The molecule has 1 aromatic rings. The van der Waals surface area contributed by atoms with E-state index in [9.17, 15) is 37.2 Å². The van der Waals surface area contributed by atoms with E-state index in [2.05, 4.69) is 20.7 Å². The Morgan fingerprint density at radius 2 is 1.84 bits per heavy atom. The minimum atomic E-state index is -3.94. The zero-order valence-electron chi connectivity index (χ0n) is 28.1. The molecule has 1 aromatic carbocycles. The van der Waals surface area contributed by atoms with Gasteiger partial charge in [0.2, 0.25) is 21.8 Å². The molecule has 5 atom stereocenters. The molecule has 2 aliphatic heterocycles. The summed E-state index contributed by atoms with van der Waals surface area (Å²) in [6, 6.07) is 3.81. The van der Waals surface area contributed by atoms with Crippen molar-refractivity contribution in [1.82, 2.24) is 20.3 Å². The molecule has 5 rings (SSSR count). The molecule has 16 nitrogen and oxygen atoms in total. The Morgan fingerprint density at radius 3 is 2.54 bits per heavy atom. The number of fused-ring (bicyclic) bond motifs is 2. The van der Waals surface area contributed by atoms with E-state index in [0.717, 1.165) is 0 Å². The molecule has 272 valence electrons. The number of ether oxygens (including phenoxy) is 3. The van der Waals surface area contributed by atoms with Crippen LogP contribution < -0.4 is 20.7 Å². The minimum Gasteiger partial charge on any atom is -0.444 e. The summed E-state index contributed by atoms with van der Waals surface area (Å²) >= 11 is 0. The van der Waals surface area contributed by atoms with Crippen molar-refractivity contribution in [3.8, 4) is 0 Å². The summed E-state index contributed by atoms with van der Waals surface area (Å²) in [4.78, 5) is 80.1. The zero-order chi connectivity index (χ0) is 36.3. The number of alkyl carbamates (subject to hydrolysis) is 1. The third kappa shape index (κ3) is 8.98. The topological polar surface area (TPSA) is 216 Å². The van der Waals surface area contributed by atoms with Crippen molar-refractivity contribution in [2.45, 2.75) is 93.9 Å². The van der Waals surface area contributed by atoms with Gasteiger partial charge in [0.05, 0.1) is 24.1 Å². The van der Waals surface area contributed by atoms with Crippen LogP contribution in [0.15, 0.2) is 36.4 Å². The van der Waals surface area contributed by atoms with E-state index in [1.165, 1.54) is 17.0 Å². The van der Waals surface area contributed by atoms with Crippen molar-refractivity contribution in [3.63, 3.8) is 0 Å². The van der Waals surface area contributed by atoms with E-state index in [0.29, 0.717) is 25.5 Å². The molecule has 2 heterocycles. The molecule has 2 aliphatic carbocycles. The number of carbonyl (C=O) groups excluding carboxylic acids is 6. The number of nitrogens with one attached hydrogen (secondary N) is 4. The molecule has 3 fully saturated rings. The van der Waals surface area contributed by atoms with Crippen LogP contribution in [0.1, 0.15) is 69.7 Å². The van der Waals surface area contributed by atoms with Gasteiger partial charge in [-0.05, 0) is 65.0 Å². The van der Waals surface area contributed by atoms with Gasteiger partial charge in [-0.2, -0.15) is 0 Å². The number of carbonyl (C=O) groups is 6. The summed E-state index contributed by atoms with van der Waals surface area (Å²) < 4.78 is 44.2. The van der Waals surface area contributed by atoms with E-state index >= 15 is 0 Å². The normalized spacial score (nSPS) is 27.3. The monoisotopic (exact) mass is 717 g/mol. The van der Waals surface area contributed by atoms with Crippen molar-refractivity contribution in [1.29, 1.82) is 0 Å². The maximum atomic E-state index is 14.2. The minimum absolute atomic E-state index is 0.100. The van der Waals surface area contributed by atoms with E-state index < -0.39 is 80.4 Å². The number of hydrogen-bond donors (Lipinski definition) is 4. The third-order valence-electron chi connectivity index (χ3n) is 8.76. The average molecular weight is 718 g/mol. The largest absolute Gasteiger partial charge is 0.444 e. The zero-order valence-corrected chi connectivity index (χ0v) is 29.0. The fourth-order valence-electron chi connectivity index (χ4n) is 6.01. The first-order valence-corrected chi connectivity index (χ1v) is 18.1. The molecule has 1 saturated heterocycles. The van der Waals surface area contributed by atoms with Crippen molar-refractivity contribution in [3.05, 3.63) is 42.0 Å². The Hall–Kier alpha value is -4.51. The Bertz CT molecular complexity index is 1650. The molecule has 5 amide bonds. The lowest BCUT2D eigenvalue weighted by atomic mass is 10.1. The highest BCUT2D eigenvalue weighted by Crippen LogP contribution is 2.46. The number of aldehydes is 1. The molecule has 0 bridgehead atoms. The molecule has 5 unspecified atom stereocenters. The molecule has 4 N–H and O–H groups in total. The molecular formula is C33H43N5O11S. The van der Waals surface area contributed by atoms with Crippen molar-refractivity contribution in [2.24, 2.45) is 5.92 Å². The number of rotatable bonds is 7. The van der Waals surface area contributed by atoms with Gasteiger partial charge in [0, 0.05) is 24.5 Å². The van der Waals surface area contributed by atoms with Crippen LogP contribution in [-0.4, -0.2) is 104 Å². The van der Waals surface area contributed by atoms with Crippen molar-refractivity contribution < 1.29 is 51.4 Å². The number of amides is 5. The van der Waals surface area contributed by atoms with Crippen LogP contribution in [0.2, 0.25) is 0 Å². The number of benzene rings is 1. The summed E-state index contributed by atoms with van der Waals surface area (Å²) in [5, 5.41) is 7.13. The van der Waals surface area contributed by atoms with Crippen LogP contribution in [0.4, 0.5) is 15.3 Å². The second-order valence-corrected chi connectivity index (χ2v) is 15.9. The molecular weight excluding hydrogens is 674 g/mol. The quantitative estimate of drug-likeness (QED) is 0.236. The van der Waals surface area contributed by atoms with Crippen molar-refractivity contribution in [2.75, 3.05) is 25.1 Å². The highest BCUT2D eigenvalue weighted by molar-refractivity contribution is 7.91. The number of sulfonamides is 1. The van der Waals surface area contributed by atoms with Gasteiger partial charge < -0.3 is 29.7 Å². The van der Waals surface area contributed by atoms with Gasteiger partial charge in [-0.15, -0.1) is 0 Å². The van der Waals surface area contributed by atoms with Gasteiger partial charge in [-0.3, -0.25) is 29.2 Å². The van der Waals surface area contributed by atoms with Crippen LogP contribution in [0, 0.1) is 5.92 Å². The fraction of sp³-hybridized carbons (Fsp3) is 0.576. The van der Waals surface area contributed by atoms with Gasteiger partial charge in [-0.1, -0.05) is 24.3 Å². The highest BCUT2D eigenvalue weighted by atomic mass is 32.2. The number of hydrogen-bond acceptors (Lipinski definition) is 11. The second-order valence-electron chi connectivity index (χ2n) is 13.9. The van der Waals surface area contributed by atoms with Crippen LogP contribution >= 0.6 is 0 Å². The van der Waals surface area contributed by atoms with Crippen LogP contribution in [0.3, 0.4) is 0 Å². The summed E-state index contributed by atoms with van der Waals surface area (Å²) in [5.41, 5.74) is -2.08. The molecule has 2 saturated carbocycles. The maximum Gasteiger partial charge on any atom is 0.411 e. The second kappa shape index (κ2) is 14.8.